The summed E-state index contributed by atoms with van der Waals surface area (Å²) in [5.41, 5.74) is 4.40. The number of hydrogen-bond acceptors (Lipinski definition) is 5. The summed E-state index contributed by atoms with van der Waals surface area (Å²) >= 11 is 0. The highest BCUT2D eigenvalue weighted by Crippen LogP contribution is 2.44. The van der Waals surface area contributed by atoms with Gasteiger partial charge in [0.2, 0.25) is 5.91 Å². The molecule has 34 heavy (non-hydrogen) atoms. The van der Waals surface area contributed by atoms with Crippen LogP contribution >= 0.6 is 0 Å². The SMILES string of the molecule is CN(C)C1CCN(C(=O)C(CC(=O)O)NC(=O)OCC2c3ccccc3-c3ccccc32)CC1. The zero-order chi connectivity index (χ0) is 24.2. The molecular formula is C26H31N3O5. The average Bonchev–Trinajstić information content (AvgIpc) is 3.15. The summed E-state index contributed by atoms with van der Waals surface area (Å²) in [6.07, 6.45) is 0.341. The van der Waals surface area contributed by atoms with Crippen LogP contribution in [-0.2, 0) is 14.3 Å². The maximum Gasteiger partial charge on any atom is 0.407 e. The molecule has 2 aromatic carbocycles. The van der Waals surface area contributed by atoms with E-state index in [0.717, 1.165) is 35.1 Å². The highest BCUT2D eigenvalue weighted by molar-refractivity contribution is 5.89. The Morgan fingerprint density at radius 1 is 1.03 bits per heavy atom. The molecule has 180 valence electrons. The fraction of sp³-hybridized carbons (Fsp3) is 0.423. The van der Waals surface area contributed by atoms with Crippen LogP contribution in [0.4, 0.5) is 4.79 Å². The summed E-state index contributed by atoms with van der Waals surface area (Å²) < 4.78 is 5.52. The Hall–Kier alpha value is -3.39. The topological polar surface area (TPSA) is 99.2 Å². The standard InChI is InChI=1S/C26H31N3O5/c1-28(2)17-11-13-29(14-12-17)25(32)23(15-24(30)31)27-26(33)34-16-22-20-9-5-3-7-18(20)19-8-4-6-10-21(19)22/h3-10,17,22-23H,11-16H2,1-2H3,(H,27,33)(H,30,31). The van der Waals surface area contributed by atoms with E-state index in [4.69, 9.17) is 4.74 Å². The lowest BCUT2D eigenvalue weighted by atomic mass is 9.98. The summed E-state index contributed by atoms with van der Waals surface area (Å²) in [4.78, 5) is 40.8. The first kappa shape index (κ1) is 23.8. The van der Waals surface area contributed by atoms with E-state index in [9.17, 15) is 19.5 Å². The van der Waals surface area contributed by atoms with Gasteiger partial charge in [0.1, 0.15) is 12.6 Å². The second kappa shape index (κ2) is 10.3. The molecular weight excluding hydrogens is 434 g/mol. The van der Waals surface area contributed by atoms with Crippen LogP contribution in [0, 0.1) is 0 Å². The molecule has 0 saturated carbocycles. The van der Waals surface area contributed by atoms with Crippen LogP contribution in [-0.4, -0.2) is 78.8 Å². The molecule has 2 amide bonds. The summed E-state index contributed by atoms with van der Waals surface area (Å²) in [6, 6.07) is 15.2. The minimum Gasteiger partial charge on any atom is -0.481 e. The number of aliphatic carboxylic acids is 1. The maximum atomic E-state index is 13.0. The zero-order valence-electron chi connectivity index (χ0n) is 19.6. The number of carbonyl (C=O) groups excluding carboxylic acids is 2. The third-order valence-electron chi connectivity index (χ3n) is 6.82. The van der Waals surface area contributed by atoms with Gasteiger partial charge in [0.15, 0.2) is 0 Å². The molecule has 2 N–H and O–H groups in total. The lowest BCUT2D eigenvalue weighted by Crippen LogP contribution is -2.53. The number of nitrogens with zero attached hydrogens (tertiary/aromatic N) is 2. The van der Waals surface area contributed by atoms with Crippen molar-refractivity contribution in [3.8, 4) is 11.1 Å². The molecule has 1 unspecified atom stereocenters. The smallest absolute Gasteiger partial charge is 0.407 e. The molecule has 4 rings (SSSR count). The number of rotatable bonds is 7. The maximum absolute atomic E-state index is 13.0. The third kappa shape index (κ3) is 5.07. The molecule has 2 aromatic rings. The van der Waals surface area contributed by atoms with Crippen molar-refractivity contribution in [2.24, 2.45) is 0 Å². The Labute approximate surface area is 199 Å². The fourth-order valence-electron chi connectivity index (χ4n) is 4.98. The van der Waals surface area contributed by atoms with Gasteiger partial charge in [0.25, 0.3) is 0 Å². The summed E-state index contributed by atoms with van der Waals surface area (Å²) in [7, 11) is 4.02. The lowest BCUT2D eigenvalue weighted by molar-refractivity contribution is -0.143. The van der Waals surface area contributed by atoms with E-state index in [0.29, 0.717) is 19.1 Å². The fourth-order valence-corrected chi connectivity index (χ4v) is 4.98. The van der Waals surface area contributed by atoms with Crippen LogP contribution < -0.4 is 5.32 Å². The van der Waals surface area contributed by atoms with Crippen LogP contribution in [0.5, 0.6) is 0 Å². The number of nitrogens with one attached hydrogen (secondary N) is 1. The molecule has 1 aliphatic carbocycles. The molecule has 1 atom stereocenters. The number of fused-ring (bicyclic) bond motifs is 3. The predicted molar refractivity (Wildman–Crippen MR) is 128 cm³/mol. The number of hydrogen-bond donors (Lipinski definition) is 2. The van der Waals surface area contributed by atoms with E-state index in [-0.39, 0.29) is 18.4 Å². The molecule has 1 saturated heterocycles. The normalized spacial score (nSPS) is 16.6. The Kier molecular flexibility index (Phi) is 7.17. The zero-order valence-corrected chi connectivity index (χ0v) is 19.6. The molecule has 1 heterocycles. The van der Waals surface area contributed by atoms with Crippen molar-refractivity contribution < 1.29 is 24.2 Å². The van der Waals surface area contributed by atoms with Gasteiger partial charge in [0.05, 0.1) is 6.42 Å². The van der Waals surface area contributed by atoms with E-state index in [1.165, 1.54) is 0 Å². The van der Waals surface area contributed by atoms with Gasteiger partial charge < -0.3 is 25.0 Å². The van der Waals surface area contributed by atoms with Gasteiger partial charge in [-0.3, -0.25) is 9.59 Å². The number of alkyl carbamates (subject to hydrolysis) is 1. The molecule has 8 nitrogen and oxygen atoms in total. The van der Waals surface area contributed by atoms with Crippen molar-refractivity contribution in [2.75, 3.05) is 33.8 Å². The van der Waals surface area contributed by atoms with E-state index >= 15 is 0 Å². The number of ether oxygens (including phenoxy) is 1. The first-order valence-electron chi connectivity index (χ1n) is 11.6. The van der Waals surface area contributed by atoms with Crippen LogP contribution in [0.3, 0.4) is 0 Å². The van der Waals surface area contributed by atoms with Gasteiger partial charge in [-0.1, -0.05) is 48.5 Å². The van der Waals surface area contributed by atoms with Crippen LogP contribution in [0.15, 0.2) is 48.5 Å². The Morgan fingerprint density at radius 3 is 2.12 bits per heavy atom. The van der Waals surface area contributed by atoms with Crippen molar-refractivity contribution in [1.82, 2.24) is 15.1 Å². The minimum absolute atomic E-state index is 0.0993. The molecule has 1 aliphatic heterocycles. The van der Waals surface area contributed by atoms with Gasteiger partial charge in [-0.2, -0.15) is 0 Å². The lowest BCUT2D eigenvalue weighted by Gasteiger charge is -2.36. The van der Waals surface area contributed by atoms with Crippen LogP contribution in [0.2, 0.25) is 0 Å². The largest absolute Gasteiger partial charge is 0.481 e. The predicted octanol–water partition coefficient (Wildman–Crippen LogP) is 2.92. The van der Waals surface area contributed by atoms with Crippen molar-refractivity contribution in [3.63, 3.8) is 0 Å². The first-order chi connectivity index (χ1) is 16.3. The Balaban J connectivity index is 1.39. The van der Waals surface area contributed by atoms with Gasteiger partial charge in [-0.25, -0.2) is 4.79 Å². The number of amides is 2. The number of carboxylic acid groups (broad SMARTS) is 1. The van der Waals surface area contributed by atoms with Crippen LogP contribution in [0.25, 0.3) is 11.1 Å². The van der Waals surface area contributed by atoms with Crippen LogP contribution in [0.1, 0.15) is 36.3 Å². The van der Waals surface area contributed by atoms with Crippen molar-refractivity contribution >= 4 is 18.0 Å². The highest BCUT2D eigenvalue weighted by atomic mass is 16.5. The van der Waals surface area contributed by atoms with Crippen molar-refractivity contribution in [1.29, 1.82) is 0 Å². The molecule has 0 spiro atoms. The Morgan fingerprint density at radius 2 is 1.59 bits per heavy atom. The molecule has 2 aliphatic rings. The molecule has 8 heteroatoms. The monoisotopic (exact) mass is 465 g/mol. The number of carbonyl (C=O) groups is 3. The van der Waals surface area contributed by atoms with E-state index in [2.05, 4.69) is 22.3 Å². The second-order valence-corrected chi connectivity index (χ2v) is 9.14. The quantitative estimate of drug-likeness (QED) is 0.652. The minimum atomic E-state index is -1.16. The number of likely N-dealkylation sites (tertiary alicyclic amines) is 1. The number of benzene rings is 2. The van der Waals surface area contributed by atoms with Gasteiger partial charge >= 0.3 is 12.1 Å². The van der Waals surface area contributed by atoms with Crippen molar-refractivity contribution in [2.45, 2.75) is 37.3 Å². The van der Waals surface area contributed by atoms with E-state index < -0.39 is 24.5 Å². The second-order valence-electron chi connectivity index (χ2n) is 9.14. The summed E-state index contributed by atoms with van der Waals surface area (Å²) in [5, 5.41) is 11.8. The number of piperidine rings is 1. The number of carboxylic acids is 1. The summed E-state index contributed by atoms with van der Waals surface area (Å²) in [5.74, 6) is -1.65. The van der Waals surface area contributed by atoms with Gasteiger partial charge in [0, 0.05) is 25.0 Å². The summed E-state index contributed by atoms with van der Waals surface area (Å²) in [6.45, 7) is 1.16. The van der Waals surface area contributed by atoms with E-state index in [1.54, 1.807) is 4.90 Å². The van der Waals surface area contributed by atoms with Gasteiger partial charge in [-0.15, -0.1) is 0 Å². The van der Waals surface area contributed by atoms with Crippen molar-refractivity contribution in [3.05, 3.63) is 59.7 Å². The first-order valence-corrected chi connectivity index (χ1v) is 11.6. The molecule has 1 fully saturated rings. The highest BCUT2D eigenvalue weighted by Gasteiger charge is 2.33. The third-order valence-corrected chi connectivity index (χ3v) is 6.82. The Bertz CT molecular complexity index is 1020. The molecule has 0 bridgehead atoms. The average molecular weight is 466 g/mol. The molecule has 0 radical (unpaired) electrons. The van der Waals surface area contributed by atoms with Gasteiger partial charge in [-0.05, 0) is 49.2 Å². The molecule has 0 aromatic heterocycles. The van der Waals surface area contributed by atoms with E-state index in [1.807, 2.05) is 50.5 Å².